The molecule has 3 saturated carbocycles. The second-order valence-electron chi connectivity index (χ2n) is 38.9. The van der Waals surface area contributed by atoms with Crippen LogP contribution in [0.1, 0.15) is 229 Å². The third-order valence-corrected chi connectivity index (χ3v) is 25.0. The number of carbonyl (C=O) groups excluding carboxylic acids is 9. The van der Waals surface area contributed by atoms with E-state index < -0.39 is 171 Å². The first kappa shape index (κ1) is 126. The predicted octanol–water partition coefficient (Wildman–Crippen LogP) is 10.6. The van der Waals surface area contributed by atoms with Crippen molar-refractivity contribution in [2.24, 2.45) is 17.8 Å². The fourth-order valence-corrected chi connectivity index (χ4v) is 17.7. The molecule has 40 nitrogen and oxygen atoms in total. The Kier molecular flexibility index (Phi) is 47.8. The van der Waals surface area contributed by atoms with Gasteiger partial charge in [-0.05, 0) is 222 Å². The second kappa shape index (κ2) is 54.6. The summed E-state index contributed by atoms with van der Waals surface area (Å²) in [6, 6.07) is 10.9. The van der Waals surface area contributed by atoms with Gasteiger partial charge in [-0.1, -0.05) is 94.0 Å². The Morgan fingerprint density at radius 3 is 1.01 bits per heavy atom. The summed E-state index contributed by atoms with van der Waals surface area (Å²) < 4.78 is 49.2. The van der Waals surface area contributed by atoms with Gasteiger partial charge in [-0.25, -0.2) is 37.5 Å². The van der Waals surface area contributed by atoms with Crippen molar-refractivity contribution in [2.75, 3.05) is 26.2 Å². The van der Waals surface area contributed by atoms with E-state index in [-0.39, 0.29) is 209 Å². The number of hydrogen-bond donors (Lipinski definition) is 9. The van der Waals surface area contributed by atoms with Crippen molar-refractivity contribution in [3.05, 3.63) is 121 Å². The van der Waals surface area contributed by atoms with Crippen LogP contribution in [0.4, 0.5) is 23.2 Å². The Hall–Kier alpha value is -10.1. The first-order valence-electron chi connectivity index (χ1n) is 46.3. The molecule has 0 bridgehead atoms. The zero-order valence-electron chi connectivity index (χ0n) is 82.0. The number of benzene rings is 3. The van der Waals surface area contributed by atoms with Gasteiger partial charge in [0.2, 0.25) is 52.9 Å². The summed E-state index contributed by atoms with van der Waals surface area (Å²) in [6.45, 7) is 18.3. The number of allylic oxidation sites excluding steroid dienone is 3. The Morgan fingerprint density at radius 1 is 0.417 bits per heavy atom. The first-order chi connectivity index (χ1) is 64.1. The molecule has 51 heteroatoms. The van der Waals surface area contributed by atoms with E-state index in [1.165, 1.54) is 71.6 Å². The molecule has 15 atom stereocenters. The van der Waals surface area contributed by atoms with Crippen LogP contribution < -0.4 is 36.6 Å². The lowest BCUT2D eigenvalue weighted by atomic mass is 10.0. The standard InChI is InChI=1S/C33H45N7O7.2C30H38FN7O6.9H2S/c1-5-17-46-24-15-13-21(14-16-24)27-36-38-40(37-27)23-18-26-28(41)35-33(30(43)44)19-22(33)11-9-7-6-8-10-12-25(29(42)39(26)20-23)34-31(45)47-32(2,3)4;1-29(2,3)44-28(43)32-22-13-8-6-4-5-7-11-19-16-30(19,27(41)42)33-25(39)23-15-21(17-37(23)26(22)40)38-35-24(34-36-38)18-10-9-12-20(31)14-18;1-29(2,3)44-28(43)32-22-10-8-6-4-5-7-9-19-16-30(19,27(41)42)33-25(39)23-15-21(17-37(23)26(22)40)38-35-24(34-36-38)18-11-13-20(31)14-12-18;;;;;;;;;/h9,11,13-16,22-23,25-26H,5-8,10,12,17-20H2,1-4H3,(H,34,45)(H,35,41)(H,43,44);7,9-12,14,19,21-23H,4-6,8,13,15-17H2,1-3H3,(H,32,43)(H,33,39)(H,41,42);7,9,11-14,19,21-23H,4-6,8,10,15-17H2,1-3H3,(H,32,43)(H,33,39)(H,41,42);9*1H2/b11-9-;11-7-;9-7-;;;;;;;;;/t22-,23-,25+,26+,33-;2*19-,21-,22+,23+,30-;;;;;;;;;/m111........./s1. The SMILES string of the molecule is CC(C)(C)OC(=O)N[C@H]1CCCCC/C=C\[C@@H]2C[C@@]2(C(=O)O)NC(=O)[C@@H]2C[C@@H](n3nnc(-c4ccc(F)cc4)n3)CN2C1=O.CC(C)(C)OC(=O)N[C@H]1CCCCC/C=C\[C@@H]2C[C@@]2(C(=O)O)NC(=O)[C@@H]2C[C@@H](n3nnc(-c4cccc(F)c4)n3)CN2C1=O.CCCOc1ccc(-c2nnn([C@@H]3C[C@H]4C(=O)N[C@]5(C(=O)O)C[C@H]5/C=C\CCCCC[C@H](NC(=O)OC(C)(C)C)C(=O)N4C3)n2)cc1.S.S.S.S.S.S.S.S.S. The summed E-state index contributed by atoms with van der Waals surface area (Å²) in [7, 11) is 0. The molecule has 9 amide bonds. The fraction of sp³-hybridized carbons (Fsp3) is 0.581. The summed E-state index contributed by atoms with van der Waals surface area (Å²) in [6.07, 6.45) is 21.1. The second-order valence-corrected chi connectivity index (χ2v) is 38.9. The maximum Gasteiger partial charge on any atom is 0.408 e. The molecule has 0 spiro atoms. The van der Waals surface area contributed by atoms with E-state index in [4.69, 9.17) is 18.9 Å². The van der Waals surface area contributed by atoms with Gasteiger partial charge in [-0.2, -0.15) is 136 Å². The highest BCUT2D eigenvalue weighted by atomic mass is 32.1. The van der Waals surface area contributed by atoms with Gasteiger partial charge in [0, 0.05) is 73.3 Å². The fourth-order valence-electron chi connectivity index (χ4n) is 17.7. The number of hydrogen-bond acceptors (Lipinski definition) is 25. The van der Waals surface area contributed by atoms with Crippen LogP contribution >= 0.6 is 121 Å². The number of carboxylic acids is 3. The predicted molar refractivity (Wildman–Crippen MR) is 572 cm³/mol. The van der Waals surface area contributed by atoms with Gasteiger partial charge in [0.05, 0.1) is 24.7 Å². The molecular formula is C93H139F2N21O19S9. The molecule has 15 rings (SSSR count). The Bertz CT molecular complexity index is 5460. The maximum absolute atomic E-state index is 14.2. The number of nitrogens with one attached hydrogen (secondary N) is 6. The summed E-state index contributed by atoms with van der Waals surface area (Å²) in [5.41, 5.74) is -5.00. The summed E-state index contributed by atoms with van der Waals surface area (Å²) in [5.74, 6) is -7.02. The topological polar surface area (TPSA) is 515 Å². The van der Waals surface area contributed by atoms with E-state index in [1.807, 2.05) is 67.6 Å². The van der Waals surface area contributed by atoms with Crippen LogP contribution in [0.2, 0.25) is 0 Å². The molecule has 0 radical (unpaired) electrons. The summed E-state index contributed by atoms with van der Waals surface area (Å²) in [4.78, 5) is 167. The van der Waals surface area contributed by atoms with Gasteiger partial charge in [0.25, 0.3) is 0 Å². The molecule has 3 aliphatic carbocycles. The van der Waals surface area contributed by atoms with Crippen molar-refractivity contribution in [3.63, 3.8) is 0 Å². The minimum Gasteiger partial charge on any atom is -0.494 e. The molecule has 6 aromatic rings. The molecular weight excluding hydrogens is 2040 g/mol. The number of rotatable bonds is 15. The number of tetrazole rings is 3. The van der Waals surface area contributed by atoms with Crippen molar-refractivity contribution in [2.45, 2.75) is 298 Å². The Labute approximate surface area is 897 Å². The lowest BCUT2D eigenvalue weighted by Gasteiger charge is -2.30. The minimum absolute atomic E-state index is 0. The summed E-state index contributed by atoms with van der Waals surface area (Å²) >= 11 is 0. The van der Waals surface area contributed by atoms with Crippen molar-refractivity contribution < 1.29 is 101 Å². The lowest BCUT2D eigenvalue weighted by molar-refractivity contribution is -0.146. The summed E-state index contributed by atoms with van der Waals surface area (Å²) in [5, 5.41) is 84.8. The number of alkyl carbamates (subject to hydrolysis) is 3. The average Bonchev–Trinajstić information content (AvgIpc) is 1.59. The molecule has 0 unspecified atom stereocenters. The molecule has 6 fully saturated rings. The van der Waals surface area contributed by atoms with Crippen molar-refractivity contribution in [3.8, 4) is 39.9 Å². The van der Waals surface area contributed by atoms with Gasteiger partial charge in [0.15, 0.2) is 0 Å². The van der Waals surface area contributed by atoms with Gasteiger partial charge in [-0.15, -0.1) is 30.6 Å². The largest absolute Gasteiger partial charge is 0.494 e. The molecule has 9 heterocycles. The van der Waals surface area contributed by atoms with Crippen LogP contribution in [-0.2, 0) is 57.4 Å². The molecule has 9 N–H and O–H groups in total. The number of aliphatic carboxylic acids is 3. The monoisotopic (exact) mass is 2180 g/mol. The number of nitrogens with zero attached hydrogens (tertiary/aromatic N) is 15. The number of halogens is 2. The molecule has 3 aromatic carbocycles. The highest BCUT2D eigenvalue weighted by Crippen LogP contribution is 2.49. The lowest BCUT2D eigenvalue weighted by Crippen LogP contribution is -2.56. The van der Waals surface area contributed by atoms with Gasteiger partial charge in [-0.3, -0.25) is 28.8 Å². The van der Waals surface area contributed by atoms with E-state index in [1.54, 1.807) is 68.4 Å². The third-order valence-electron chi connectivity index (χ3n) is 25.0. The van der Waals surface area contributed by atoms with Crippen LogP contribution in [0.15, 0.2) is 109 Å². The van der Waals surface area contributed by atoms with Crippen molar-refractivity contribution in [1.82, 2.24) is 107 Å². The van der Waals surface area contributed by atoms with E-state index in [0.717, 1.165) is 75.5 Å². The smallest absolute Gasteiger partial charge is 0.408 e. The van der Waals surface area contributed by atoms with Crippen LogP contribution in [0.25, 0.3) is 34.2 Å². The van der Waals surface area contributed by atoms with Gasteiger partial charge >= 0.3 is 36.2 Å². The minimum atomic E-state index is -1.45. The third kappa shape index (κ3) is 32.5. The quantitative estimate of drug-likeness (QED) is 0.0341. The number of ether oxygens (including phenoxy) is 4. The molecule has 3 aromatic heterocycles. The first-order valence-corrected chi connectivity index (χ1v) is 46.3. The molecule has 6 aliphatic heterocycles. The normalized spacial score (nSPS) is 26.3. The molecule has 144 heavy (non-hydrogen) atoms. The van der Waals surface area contributed by atoms with Gasteiger partial charge in [0.1, 0.15) is 87.1 Å². The highest BCUT2D eigenvalue weighted by molar-refractivity contribution is 7.60. The van der Waals surface area contributed by atoms with E-state index in [2.05, 4.69) is 78.1 Å². The van der Waals surface area contributed by atoms with Crippen LogP contribution in [0.3, 0.4) is 0 Å². The van der Waals surface area contributed by atoms with Crippen LogP contribution in [0.5, 0.6) is 5.75 Å². The maximum atomic E-state index is 14.2. The molecule has 9 aliphatic rings. The number of aromatic nitrogens is 12. The average molecular weight is 2180 g/mol. The van der Waals surface area contributed by atoms with Crippen LogP contribution in [-0.4, -0.2) is 258 Å². The number of fused-ring (bicyclic) bond motifs is 6. The van der Waals surface area contributed by atoms with E-state index >= 15 is 0 Å². The molecule has 3 saturated heterocycles. The number of carboxylic acid groups (broad SMARTS) is 3. The zero-order chi connectivity index (χ0) is 97.1. The number of amides is 9. The van der Waals surface area contributed by atoms with E-state index in [0.29, 0.717) is 62.1 Å². The Morgan fingerprint density at radius 2 is 0.722 bits per heavy atom. The van der Waals surface area contributed by atoms with Gasteiger partial charge < -0.3 is 80.9 Å². The van der Waals surface area contributed by atoms with Crippen LogP contribution in [0, 0.1) is 29.4 Å². The Balaban J connectivity index is 0.000000437. The van der Waals surface area contributed by atoms with Crippen molar-refractivity contribution in [1.29, 1.82) is 0 Å². The number of carbonyl (C=O) groups is 12. The van der Waals surface area contributed by atoms with E-state index in [9.17, 15) is 81.6 Å². The zero-order valence-corrected chi connectivity index (χ0v) is 91.0. The molecule has 798 valence electrons. The highest BCUT2D eigenvalue weighted by Gasteiger charge is 2.64. The van der Waals surface area contributed by atoms with Crippen molar-refractivity contribution >= 4 is 193 Å².